The third-order valence-electron chi connectivity index (χ3n) is 11.6. The summed E-state index contributed by atoms with van der Waals surface area (Å²) in [6, 6.07) is 0. The lowest BCUT2D eigenvalue weighted by Gasteiger charge is -2.18. The van der Waals surface area contributed by atoms with Crippen molar-refractivity contribution >= 4 is 17.9 Å². The van der Waals surface area contributed by atoms with Crippen LogP contribution in [0.3, 0.4) is 0 Å². The SMILES string of the molecule is CCCCCCCC(=O)OC[C@H](COC(=O)CCCCCCCCCCCCCCCCCCCCC(C)CC)OC(=O)CCCCCCCCCCC(C)C. The summed E-state index contributed by atoms with van der Waals surface area (Å²) < 4.78 is 16.6. The number of hydrogen-bond donors (Lipinski definition) is 0. The van der Waals surface area contributed by atoms with E-state index in [0.717, 1.165) is 76.0 Å². The minimum Gasteiger partial charge on any atom is -0.462 e. The van der Waals surface area contributed by atoms with E-state index in [2.05, 4.69) is 34.6 Å². The molecular weight excluding hydrogens is 697 g/mol. The third-order valence-corrected chi connectivity index (χ3v) is 11.6. The second-order valence-electron chi connectivity index (χ2n) is 17.8. The van der Waals surface area contributed by atoms with E-state index in [1.807, 2.05) is 0 Å². The summed E-state index contributed by atoms with van der Waals surface area (Å²) in [5.74, 6) is 0.835. The first-order chi connectivity index (χ1) is 27.3. The summed E-state index contributed by atoms with van der Waals surface area (Å²) in [5.41, 5.74) is 0. The molecule has 0 aromatic carbocycles. The predicted molar refractivity (Wildman–Crippen MR) is 238 cm³/mol. The van der Waals surface area contributed by atoms with Crippen LogP contribution in [0.4, 0.5) is 0 Å². The highest BCUT2D eigenvalue weighted by Gasteiger charge is 2.19. The average molecular weight is 793 g/mol. The smallest absolute Gasteiger partial charge is 0.306 e. The topological polar surface area (TPSA) is 78.9 Å². The average Bonchev–Trinajstić information content (AvgIpc) is 3.18. The Morgan fingerprint density at radius 1 is 0.375 bits per heavy atom. The Bertz CT molecular complexity index is 856. The molecule has 56 heavy (non-hydrogen) atoms. The monoisotopic (exact) mass is 793 g/mol. The molecule has 6 heteroatoms. The summed E-state index contributed by atoms with van der Waals surface area (Å²) in [6.07, 6.45) is 42.7. The second kappa shape index (κ2) is 43.0. The lowest BCUT2D eigenvalue weighted by molar-refractivity contribution is -0.167. The van der Waals surface area contributed by atoms with E-state index < -0.39 is 6.10 Å². The molecule has 0 saturated carbocycles. The molecular formula is C50H96O6. The molecule has 0 heterocycles. The largest absolute Gasteiger partial charge is 0.462 e. The Balaban J connectivity index is 4.03. The van der Waals surface area contributed by atoms with Gasteiger partial charge in [-0.1, -0.05) is 234 Å². The molecule has 0 saturated heterocycles. The van der Waals surface area contributed by atoms with Gasteiger partial charge < -0.3 is 14.2 Å². The molecule has 0 aromatic heterocycles. The van der Waals surface area contributed by atoms with Crippen LogP contribution in [0.1, 0.15) is 272 Å². The standard InChI is InChI=1S/C50H96O6/c1-6-8-9-28-35-40-48(51)54-43-47(56-50(53)42-37-32-27-23-22-24-29-33-38-45(3)4)44-55-49(52)41-36-31-26-21-19-17-15-13-11-10-12-14-16-18-20-25-30-34-39-46(5)7-2/h45-47H,6-44H2,1-5H3/t46?,47-/m1/s1. The molecule has 332 valence electrons. The molecule has 0 fully saturated rings. The van der Waals surface area contributed by atoms with Gasteiger partial charge in [0.25, 0.3) is 0 Å². The Morgan fingerprint density at radius 2 is 0.679 bits per heavy atom. The summed E-state index contributed by atoms with van der Waals surface area (Å²) in [4.78, 5) is 37.5. The maximum atomic E-state index is 12.7. The minimum atomic E-state index is -0.759. The van der Waals surface area contributed by atoms with Gasteiger partial charge in [0.15, 0.2) is 6.10 Å². The highest BCUT2D eigenvalue weighted by Crippen LogP contribution is 2.18. The summed E-state index contributed by atoms with van der Waals surface area (Å²) in [6.45, 7) is 11.3. The number of hydrogen-bond acceptors (Lipinski definition) is 6. The first kappa shape index (κ1) is 54.4. The van der Waals surface area contributed by atoms with Crippen molar-refractivity contribution in [1.82, 2.24) is 0 Å². The van der Waals surface area contributed by atoms with Gasteiger partial charge >= 0.3 is 17.9 Å². The maximum Gasteiger partial charge on any atom is 0.306 e. The van der Waals surface area contributed by atoms with Crippen LogP contribution in [-0.2, 0) is 28.6 Å². The molecule has 2 atom stereocenters. The Hall–Kier alpha value is -1.59. The maximum absolute atomic E-state index is 12.7. The summed E-state index contributed by atoms with van der Waals surface area (Å²) >= 11 is 0. The zero-order valence-electron chi connectivity index (χ0n) is 38.3. The molecule has 6 nitrogen and oxygen atoms in total. The van der Waals surface area contributed by atoms with Crippen LogP contribution in [0.15, 0.2) is 0 Å². The van der Waals surface area contributed by atoms with Crippen LogP contribution in [0, 0.1) is 11.8 Å². The first-order valence-corrected chi connectivity index (χ1v) is 24.8. The lowest BCUT2D eigenvalue weighted by Crippen LogP contribution is -2.30. The van der Waals surface area contributed by atoms with Crippen LogP contribution in [-0.4, -0.2) is 37.2 Å². The van der Waals surface area contributed by atoms with E-state index in [0.29, 0.717) is 19.3 Å². The molecule has 0 N–H and O–H groups in total. The highest BCUT2D eigenvalue weighted by atomic mass is 16.6. The molecule has 1 unspecified atom stereocenters. The summed E-state index contributed by atoms with van der Waals surface area (Å²) in [5, 5.41) is 0. The van der Waals surface area contributed by atoms with E-state index in [9.17, 15) is 14.4 Å². The van der Waals surface area contributed by atoms with E-state index in [-0.39, 0.29) is 31.1 Å². The van der Waals surface area contributed by atoms with Gasteiger partial charge in [-0.15, -0.1) is 0 Å². The van der Waals surface area contributed by atoms with E-state index in [4.69, 9.17) is 14.2 Å². The quantitative estimate of drug-likeness (QED) is 0.0347. The van der Waals surface area contributed by atoms with Crippen molar-refractivity contribution in [2.45, 2.75) is 278 Å². The zero-order valence-corrected chi connectivity index (χ0v) is 38.3. The fourth-order valence-corrected chi connectivity index (χ4v) is 7.43. The molecule has 0 radical (unpaired) electrons. The van der Waals surface area contributed by atoms with Crippen molar-refractivity contribution in [2.75, 3.05) is 13.2 Å². The zero-order chi connectivity index (χ0) is 41.2. The van der Waals surface area contributed by atoms with Crippen LogP contribution >= 0.6 is 0 Å². The number of carbonyl (C=O) groups is 3. The van der Waals surface area contributed by atoms with Gasteiger partial charge in [-0.05, 0) is 31.1 Å². The first-order valence-electron chi connectivity index (χ1n) is 24.8. The van der Waals surface area contributed by atoms with Crippen LogP contribution in [0.25, 0.3) is 0 Å². The number of unbranched alkanes of at least 4 members (excludes halogenated alkanes) is 28. The third kappa shape index (κ3) is 42.0. The van der Waals surface area contributed by atoms with Gasteiger partial charge in [-0.3, -0.25) is 14.4 Å². The van der Waals surface area contributed by atoms with E-state index in [1.54, 1.807) is 0 Å². The number of carbonyl (C=O) groups excluding carboxylic acids is 3. The molecule has 0 aliphatic rings. The molecule has 0 aliphatic carbocycles. The van der Waals surface area contributed by atoms with E-state index in [1.165, 1.54) is 154 Å². The Labute approximate surface area is 348 Å². The molecule has 0 bridgehead atoms. The lowest BCUT2D eigenvalue weighted by atomic mass is 9.99. The normalized spacial score (nSPS) is 12.5. The van der Waals surface area contributed by atoms with E-state index >= 15 is 0 Å². The fourth-order valence-electron chi connectivity index (χ4n) is 7.43. The van der Waals surface area contributed by atoms with Crippen molar-refractivity contribution in [3.63, 3.8) is 0 Å². The minimum absolute atomic E-state index is 0.0656. The Kier molecular flexibility index (Phi) is 41.8. The fraction of sp³-hybridized carbons (Fsp3) is 0.940. The van der Waals surface area contributed by atoms with Crippen LogP contribution in [0.5, 0.6) is 0 Å². The second-order valence-corrected chi connectivity index (χ2v) is 17.8. The molecule has 0 aromatic rings. The van der Waals surface area contributed by atoms with Gasteiger partial charge in [-0.25, -0.2) is 0 Å². The molecule has 0 spiro atoms. The number of ether oxygens (including phenoxy) is 3. The van der Waals surface area contributed by atoms with Crippen LogP contribution in [0.2, 0.25) is 0 Å². The van der Waals surface area contributed by atoms with Gasteiger partial charge in [0, 0.05) is 19.3 Å². The van der Waals surface area contributed by atoms with Gasteiger partial charge in [0.1, 0.15) is 13.2 Å². The van der Waals surface area contributed by atoms with Crippen molar-refractivity contribution in [1.29, 1.82) is 0 Å². The molecule has 0 amide bonds. The number of rotatable bonds is 44. The van der Waals surface area contributed by atoms with Crippen LogP contribution < -0.4 is 0 Å². The van der Waals surface area contributed by atoms with Crippen molar-refractivity contribution in [2.24, 2.45) is 11.8 Å². The highest BCUT2D eigenvalue weighted by molar-refractivity contribution is 5.71. The van der Waals surface area contributed by atoms with Crippen molar-refractivity contribution < 1.29 is 28.6 Å². The molecule has 0 rings (SSSR count). The predicted octanol–water partition coefficient (Wildman–Crippen LogP) is 15.8. The van der Waals surface area contributed by atoms with Gasteiger partial charge in [-0.2, -0.15) is 0 Å². The van der Waals surface area contributed by atoms with Crippen molar-refractivity contribution in [3.8, 4) is 0 Å². The Morgan fingerprint density at radius 3 is 1.02 bits per heavy atom. The van der Waals surface area contributed by atoms with Crippen molar-refractivity contribution in [3.05, 3.63) is 0 Å². The number of esters is 3. The summed E-state index contributed by atoms with van der Waals surface area (Å²) in [7, 11) is 0. The van der Waals surface area contributed by atoms with Gasteiger partial charge in [0.2, 0.25) is 0 Å². The van der Waals surface area contributed by atoms with Gasteiger partial charge in [0.05, 0.1) is 0 Å². The molecule has 0 aliphatic heterocycles.